The highest BCUT2D eigenvalue weighted by atomic mass is 79.9. The van der Waals surface area contributed by atoms with Gasteiger partial charge >= 0.3 is 5.97 Å². The molecule has 0 aliphatic carbocycles. The molecule has 1 fully saturated rings. The molecule has 1 aliphatic rings. The summed E-state index contributed by atoms with van der Waals surface area (Å²) in [7, 11) is 1.32. The number of halogens is 1. The van der Waals surface area contributed by atoms with E-state index >= 15 is 0 Å². The minimum atomic E-state index is -0.462. The Labute approximate surface area is 184 Å². The van der Waals surface area contributed by atoms with Crippen LogP contribution in [0.4, 0.5) is 11.4 Å². The van der Waals surface area contributed by atoms with Crippen molar-refractivity contribution >= 4 is 39.5 Å². The van der Waals surface area contributed by atoms with E-state index in [0.29, 0.717) is 22.6 Å². The van der Waals surface area contributed by atoms with Gasteiger partial charge in [-0.15, -0.1) is 0 Å². The van der Waals surface area contributed by atoms with Crippen molar-refractivity contribution in [3.05, 3.63) is 46.4 Å². The lowest BCUT2D eigenvalue weighted by Crippen LogP contribution is -2.36. The summed E-state index contributed by atoms with van der Waals surface area (Å²) in [6, 6.07) is 11.8. The SMILES string of the molecule is CCOc1cc(C=Nc2ccc(N3CCOCC3)cc2)cc(Br)c1OCC(=O)OC. The lowest BCUT2D eigenvalue weighted by Gasteiger charge is -2.28. The Hall–Kier alpha value is -2.58. The number of anilines is 1. The molecule has 1 saturated heterocycles. The Kier molecular flexibility index (Phi) is 8.10. The molecule has 2 aromatic carbocycles. The maximum Gasteiger partial charge on any atom is 0.343 e. The normalized spacial score (nSPS) is 14.0. The summed E-state index contributed by atoms with van der Waals surface area (Å²) in [6.45, 7) is 5.48. The van der Waals surface area contributed by atoms with Gasteiger partial charge in [0.15, 0.2) is 18.1 Å². The minimum Gasteiger partial charge on any atom is -0.490 e. The fraction of sp³-hybridized carbons (Fsp3) is 0.364. The molecule has 0 aromatic heterocycles. The smallest absolute Gasteiger partial charge is 0.343 e. The van der Waals surface area contributed by atoms with E-state index in [-0.39, 0.29) is 6.61 Å². The van der Waals surface area contributed by atoms with Crippen LogP contribution >= 0.6 is 15.9 Å². The standard InChI is InChI=1S/C22H25BrN2O5/c1-3-29-20-13-16(12-19(23)22(20)30-15-21(26)27-2)14-24-17-4-6-18(7-5-17)25-8-10-28-11-9-25/h4-7,12-14H,3,8-11,15H2,1-2H3. The van der Waals surface area contributed by atoms with E-state index in [1.165, 1.54) is 12.8 Å². The Bertz CT molecular complexity index is 880. The zero-order valence-corrected chi connectivity index (χ0v) is 18.7. The third kappa shape index (κ3) is 5.96. The molecule has 0 N–H and O–H groups in total. The number of hydrogen-bond donors (Lipinski definition) is 0. The third-order valence-electron chi connectivity index (χ3n) is 4.48. The van der Waals surface area contributed by atoms with Crippen molar-refractivity contribution in [3.8, 4) is 11.5 Å². The van der Waals surface area contributed by atoms with Crippen LogP contribution in [0.2, 0.25) is 0 Å². The van der Waals surface area contributed by atoms with Gasteiger partial charge in [-0.1, -0.05) is 0 Å². The highest BCUT2D eigenvalue weighted by Crippen LogP contribution is 2.36. The molecule has 0 unspecified atom stereocenters. The quantitative estimate of drug-likeness (QED) is 0.423. The predicted molar refractivity (Wildman–Crippen MR) is 120 cm³/mol. The maximum atomic E-state index is 11.4. The molecule has 0 radical (unpaired) electrons. The van der Waals surface area contributed by atoms with Gasteiger partial charge in [-0.2, -0.15) is 0 Å². The average Bonchev–Trinajstić information content (AvgIpc) is 2.78. The van der Waals surface area contributed by atoms with Crippen LogP contribution in [0.3, 0.4) is 0 Å². The van der Waals surface area contributed by atoms with E-state index in [0.717, 1.165) is 37.6 Å². The van der Waals surface area contributed by atoms with Crippen LogP contribution in [0.1, 0.15) is 12.5 Å². The van der Waals surface area contributed by atoms with Crippen molar-refractivity contribution in [1.29, 1.82) is 0 Å². The van der Waals surface area contributed by atoms with E-state index in [1.54, 1.807) is 6.21 Å². The summed E-state index contributed by atoms with van der Waals surface area (Å²) in [5.41, 5.74) is 2.87. The van der Waals surface area contributed by atoms with E-state index in [2.05, 4.69) is 42.7 Å². The molecule has 0 saturated carbocycles. The number of esters is 1. The molecule has 0 amide bonds. The fourth-order valence-electron chi connectivity index (χ4n) is 2.98. The Morgan fingerprint density at radius 1 is 1.20 bits per heavy atom. The number of nitrogens with zero attached hydrogens (tertiary/aromatic N) is 2. The number of carbonyl (C=O) groups excluding carboxylic acids is 1. The van der Waals surface area contributed by atoms with Crippen LogP contribution in [0, 0.1) is 0 Å². The van der Waals surface area contributed by atoms with Gasteiger partial charge in [0, 0.05) is 25.0 Å². The van der Waals surface area contributed by atoms with Gasteiger partial charge in [-0.3, -0.25) is 4.99 Å². The molecule has 0 spiro atoms. The molecule has 3 rings (SSSR count). The number of aliphatic imine (C=N–C) groups is 1. The molecule has 1 aliphatic heterocycles. The first kappa shape index (κ1) is 22.1. The van der Waals surface area contributed by atoms with Crippen LogP contribution in [-0.4, -0.2) is 58.8 Å². The summed E-state index contributed by atoms with van der Waals surface area (Å²) in [5.74, 6) is 0.518. The number of benzene rings is 2. The number of carbonyl (C=O) groups is 1. The molecule has 30 heavy (non-hydrogen) atoms. The molecular formula is C22H25BrN2O5. The second-order valence-corrected chi connectivity index (χ2v) is 7.36. The molecule has 1 heterocycles. The van der Waals surface area contributed by atoms with Gasteiger partial charge in [0.2, 0.25) is 0 Å². The molecule has 0 atom stereocenters. The summed E-state index contributed by atoms with van der Waals surface area (Å²) in [6.07, 6.45) is 1.76. The Balaban J connectivity index is 1.73. The predicted octanol–water partition coefficient (Wildman–Crippen LogP) is 3.99. The van der Waals surface area contributed by atoms with Gasteiger partial charge in [0.05, 0.1) is 37.1 Å². The lowest BCUT2D eigenvalue weighted by molar-refractivity contribution is -0.142. The number of ether oxygens (including phenoxy) is 4. The van der Waals surface area contributed by atoms with Crippen molar-refractivity contribution in [2.75, 3.05) is 51.5 Å². The van der Waals surface area contributed by atoms with Gasteiger partial charge in [0.1, 0.15) is 0 Å². The molecule has 160 valence electrons. The van der Waals surface area contributed by atoms with Crippen LogP contribution in [0.15, 0.2) is 45.9 Å². The number of methoxy groups -OCH3 is 1. The second-order valence-electron chi connectivity index (χ2n) is 6.50. The molecule has 2 aromatic rings. The van der Waals surface area contributed by atoms with Crippen LogP contribution in [0.5, 0.6) is 11.5 Å². The summed E-state index contributed by atoms with van der Waals surface area (Å²) in [4.78, 5) is 18.2. The van der Waals surface area contributed by atoms with Crippen LogP contribution in [0.25, 0.3) is 0 Å². The monoisotopic (exact) mass is 476 g/mol. The first-order valence-electron chi connectivity index (χ1n) is 9.73. The Morgan fingerprint density at radius 2 is 1.93 bits per heavy atom. The van der Waals surface area contributed by atoms with Crippen molar-refractivity contribution in [2.24, 2.45) is 4.99 Å². The lowest BCUT2D eigenvalue weighted by atomic mass is 10.2. The molecule has 8 heteroatoms. The molecule has 7 nitrogen and oxygen atoms in total. The third-order valence-corrected chi connectivity index (χ3v) is 5.07. The van der Waals surface area contributed by atoms with E-state index in [4.69, 9.17) is 14.2 Å². The van der Waals surface area contributed by atoms with Crippen molar-refractivity contribution in [3.63, 3.8) is 0 Å². The highest BCUT2D eigenvalue weighted by Gasteiger charge is 2.14. The summed E-state index contributed by atoms with van der Waals surface area (Å²) in [5, 5.41) is 0. The van der Waals surface area contributed by atoms with Crippen molar-refractivity contribution in [2.45, 2.75) is 6.92 Å². The second kappa shape index (κ2) is 11.0. The van der Waals surface area contributed by atoms with Gasteiger partial charge in [0.25, 0.3) is 0 Å². The van der Waals surface area contributed by atoms with E-state index < -0.39 is 5.97 Å². The largest absolute Gasteiger partial charge is 0.490 e. The van der Waals surface area contributed by atoms with Gasteiger partial charge in [-0.25, -0.2) is 4.79 Å². The maximum absolute atomic E-state index is 11.4. The minimum absolute atomic E-state index is 0.196. The summed E-state index contributed by atoms with van der Waals surface area (Å²) >= 11 is 3.49. The van der Waals surface area contributed by atoms with Crippen LogP contribution in [-0.2, 0) is 14.3 Å². The van der Waals surface area contributed by atoms with E-state index in [9.17, 15) is 4.79 Å². The van der Waals surface area contributed by atoms with Crippen molar-refractivity contribution in [1.82, 2.24) is 0 Å². The average molecular weight is 477 g/mol. The first-order chi connectivity index (χ1) is 14.6. The number of hydrogen-bond acceptors (Lipinski definition) is 7. The summed E-state index contributed by atoms with van der Waals surface area (Å²) < 4.78 is 21.9. The van der Waals surface area contributed by atoms with Crippen LogP contribution < -0.4 is 14.4 Å². The topological polar surface area (TPSA) is 69.6 Å². The van der Waals surface area contributed by atoms with Gasteiger partial charge in [-0.05, 0) is 64.8 Å². The number of morpholine rings is 1. The molecular weight excluding hydrogens is 452 g/mol. The zero-order chi connectivity index (χ0) is 21.3. The Morgan fingerprint density at radius 3 is 2.60 bits per heavy atom. The molecule has 0 bridgehead atoms. The first-order valence-corrected chi connectivity index (χ1v) is 10.5. The van der Waals surface area contributed by atoms with Gasteiger partial charge < -0.3 is 23.8 Å². The highest BCUT2D eigenvalue weighted by molar-refractivity contribution is 9.10. The van der Waals surface area contributed by atoms with E-state index in [1.807, 2.05) is 31.2 Å². The number of rotatable bonds is 8. The fourth-order valence-corrected chi connectivity index (χ4v) is 3.55. The van der Waals surface area contributed by atoms with Crippen molar-refractivity contribution < 1.29 is 23.7 Å². The zero-order valence-electron chi connectivity index (χ0n) is 17.1.